The summed E-state index contributed by atoms with van der Waals surface area (Å²) >= 11 is 0. The Hall–Kier alpha value is -3.77. The number of aromatic amines is 1. The van der Waals surface area contributed by atoms with Crippen LogP contribution in [0.25, 0.3) is 11.3 Å². The summed E-state index contributed by atoms with van der Waals surface area (Å²) < 4.78 is 33.8. The fourth-order valence-corrected chi connectivity index (χ4v) is 3.98. The SMILES string of the molecule is Cc1ncnc(C(=O)N2CCc3[nH]nc(-c4cnn(CC5CC5)c4)c3CC2)c1C.O=C(O)C(F)(F)F. The number of amides is 1. The molecule has 10 nitrogen and oxygen atoms in total. The Labute approximate surface area is 204 Å². The number of hydrogen-bond donors (Lipinski definition) is 2. The van der Waals surface area contributed by atoms with E-state index in [-0.39, 0.29) is 5.91 Å². The van der Waals surface area contributed by atoms with E-state index in [1.54, 1.807) is 0 Å². The maximum Gasteiger partial charge on any atom is 0.490 e. The summed E-state index contributed by atoms with van der Waals surface area (Å²) in [7, 11) is 0. The largest absolute Gasteiger partial charge is 0.490 e. The highest BCUT2D eigenvalue weighted by Gasteiger charge is 2.38. The fraction of sp³-hybridized carbons (Fsp3) is 0.478. The number of hydrogen-bond acceptors (Lipinski definition) is 6. The Kier molecular flexibility index (Phi) is 7.09. The predicted octanol–water partition coefficient (Wildman–Crippen LogP) is 2.96. The van der Waals surface area contributed by atoms with E-state index in [0.29, 0.717) is 18.8 Å². The van der Waals surface area contributed by atoms with E-state index >= 15 is 0 Å². The topological polar surface area (TPSA) is 130 Å². The monoisotopic (exact) mass is 505 g/mol. The van der Waals surface area contributed by atoms with Crippen LogP contribution in [0.15, 0.2) is 18.7 Å². The molecule has 0 saturated heterocycles. The van der Waals surface area contributed by atoms with Crippen LogP contribution in [0.1, 0.15) is 45.8 Å². The van der Waals surface area contributed by atoms with Crippen LogP contribution in [0.5, 0.6) is 0 Å². The smallest absolute Gasteiger partial charge is 0.475 e. The van der Waals surface area contributed by atoms with E-state index in [0.717, 1.165) is 53.5 Å². The molecule has 13 heteroatoms. The van der Waals surface area contributed by atoms with Crippen LogP contribution in [0.3, 0.4) is 0 Å². The molecule has 5 rings (SSSR count). The van der Waals surface area contributed by atoms with Crippen molar-refractivity contribution < 1.29 is 27.9 Å². The third-order valence-corrected chi connectivity index (χ3v) is 6.33. The van der Waals surface area contributed by atoms with Crippen molar-refractivity contribution in [3.05, 3.63) is 46.9 Å². The molecule has 2 N–H and O–H groups in total. The van der Waals surface area contributed by atoms with Crippen molar-refractivity contribution in [3.63, 3.8) is 0 Å². The van der Waals surface area contributed by atoms with E-state index in [2.05, 4.69) is 31.5 Å². The van der Waals surface area contributed by atoms with Gasteiger partial charge in [-0.05, 0) is 39.0 Å². The lowest BCUT2D eigenvalue weighted by Gasteiger charge is -2.20. The Morgan fingerprint density at radius 1 is 1.17 bits per heavy atom. The number of carbonyl (C=O) groups is 2. The minimum Gasteiger partial charge on any atom is -0.475 e. The van der Waals surface area contributed by atoms with Gasteiger partial charge in [0.15, 0.2) is 0 Å². The minimum atomic E-state index is -5.08. The molecule has 1 saturated carbocycles. The zero-order chi connectivity index (χ0) is 26.0. The maximum atomic E-state index is 13.1. The van der Waals surface area contributed by atoms with Gasteiger partial charge in [0.2, 0.25) is 0 Å². The van der Waals surface area contributed by atoms with Crippen LogP contribution < -0.4 is 0 Å². The van der Waals surface area contributed by atoms with Gasteiger partial charge in [-0.3, -0.25) is 14.6 Å². The number of aromatic nitrogens is 6. The summed E-state index contributed by atoms with van der Waals surface area (Å²) in [5.74, 6) is -2.00. The van der Waals surface area contributed by atoms with Crippen LogP contribution in [0, 0.1) is 19.8 Å². The van der Waals surface area contributed by atoms with Crippen molar-refractivity contribution in [1.82, 2.24) is 34.8 Å². The highest BCUT2D eigenvalue weighted by molar-refractivity contribution is 5.93. The van der Waals surface area contributed by atoms with E-state index in [1.807, 2.05) is 29.6 Å². The maximum absolute atomic E-state index is 13.1. The molecule has 4 heterocycles. The molecular formula is C23H26F3N7O3. The van der Waals surface area contributed by atoms with Crippen LogP contribution in [-0.2, 0) is 24.2 Å². The second-order valence-electron chi connectivity index (χ2n) is 8.95. The second kappa shape index (κ2) is 10.1. The fourth-order valence-electron chi connectivity index (χ4n) is 3.98. The molecular weight excluding hydrogens is 479 g/mol. The van der Waals surface area contributed by atoms with Gasteiger partial charge in [0, 0.05) is 60.3 Å². The van der Waals surface area contributed by atoms with Gasteiger partial charge in [-0.25, -0.2) is 14.8 Å². The number of carbonyl (C=O) groups excluding carboxylic acids is 1. The van der Waals surface area contributed by atoms with Crippen molar-refractivity contribution in [3.8, 4) is 11.3 Å². The minimum absolute atomic E-state index is 0.0232. The number of nitrogens with one attached hydrogen (secondary N) is 1. The summed E-state index contributed by atoms with van der Waals surface area (Å²) in [6, 6.07) is 0. The zero-order valence-corrected chi connectivity index (χ0v) is 19.8. The summed E-state index contributed by atoms with van der Waals surface area (Å²) in [4.78, 5) is 32.3. The molecule has 2 aliphatic rings. The molecule has 3 aromatic rings. The van der Waals surface area contributed by atoms with Gasteiger partial charge < -0.3 is 10.0 Å². The standard InChI is InChI=1S/C21H25N7O.C2HF3O2/c1-13-14(2)22-12-23-19(13)21(29)27-7-5-17-18(6-8-27)25-26-20(17)16-9-24-28(11-16)10-15-3-4-15;3-2(4,5)1(6)7/h9,11-12,15H,3-8,10H2,1-2H3,(H,25,26);(H,6,7). The van der Waals surface area contributed by atoms with Gasteiger partial charge in [0.1, 0.15) is 12.0 Å². The number of carboxylic acids is 1. The molecule has 0 unspecified atom stereocenters. The lowest BCUT2D eigenvalue weighted by atomic mass is 10.1. The van der Waals surface area contributed by atoms with E-state index in [9.17, 15) is 18.0 Å². The first-order valence-electron chi connectivity index (χ1n) is 11.5. The number of nitrogens with zero attached hydrogens (tertiary/aromatic N) is 6. The van der Waals surface area contributed by atoms with Gasteiger partial charge in [0.05, 0.1) is 11.9 Å². The quantitative estimate of drug-likeness (QED) is 0.558. The van der Waals surface area contributed by atoms with E-state index < -0.39 is 12.1 Å². The number of halogens is 3. The molecule has 1 aliphatic carbocycles. The van der Waals surface area contributed by atoms with Crippen LogP contribution in [0.2, 0.25) is 0 Å². The molecule has 3 aromatic heterocycles. The highest BCUT2D eigenvalue weighted by atomic mass is 19.4. The third-order valence-electron chi connectivity index (χ3n) is 6.33. The number of rotatable bonds is 4. The molecule has 0 spiro atoms. The summed E-state index contributed by atoms with van der Waals surface area (Å²) in [6.45, 7) is 6.10. The Bertz CT molecular complexity index is 1260. The molecule has 1 aliphatic heterocycles. The Morgan fingerprint density at radius 3 is 2.53 bits per heavy atom. The Balaban J connectivity index is 0.000000384. The van der Waals surface area contributed by atoms with Gasteiger partial charge >= 0.3 is 12.1 Å². The molecule has 0 aromatic carbocycles. The van der Waals surface area contributed by atoms with E-state index in [1.165, 1.54) is 24.7 Å². The first-order chi connectivity index (χ1) is 17.0. The highest BCUT2D eigenvalue weighted by Crippen LogP contribution is 2.32. The lowest BCUT2D eigenvalue weighted by Crippen LogP contribution is -2.34. The summed E-state index contributed by atoms with van der Waals surface area (Å²) in [5.41, 5.74) is 6.52. The third kappa shape index (κ3) is 5.71. The van der Waals surface area contributed by atoms with Gasteiger partial charge in [-0.15, -0.1) is 0 Å². The van der Waals surface area contributed by atoms with Crippen molar-refractivity contribution in [1.29, 1.82) is 0 Å². The van der Waals surface area contributed by atoms with Gasteiger partial charge in [-0.2, -0.15) is 23.4 Å². The number of fused-ring (bicyclic) bond motifs is 1. The normalized spacial score (nSPS) is 15.5. The molecule has 36 heavy (non-hydrogen) atoms. The number of alkyl halides is 3. The Morgan fingerprint density at radius 2 is 1.86 bits per heavy atom. The molecule has 0 radical (unpaired) electrons. The van der Waals surface area contributed by atoms with Crippen LogP contribution in [-0.4, -0.2) is 71.1 Å². The predicted molar refractivity (Wildman–Crippen MR) is 121 cm³/mol. The van der Waals surface area contributed by atoms with Gasteiger partial charge in [-0.1, -0.05) is 0 Å². The first-order valence-corrected chi connectivity index (χ1v) is 11.5. The molecule has 192 valence electrons. The van der Waals surface area contributed by atoms with Crippen molar-refractivity contribution in [2.45, 2.75) is 52.3 Å². The summed E-state index contributed by atoms with van der Waals surface area (Å²) in [6.07, 6.45) is 4.52. The van der Waals surface area contributed by atoms with Crippen molar-refractivity contribution in [2.75, 3.05) is 13.1 Å². The number of H-pyrrole nitrogens is 1. The molecule has 0 atom stereocenters. The number of carboxylic acid groups (broad SMARTS) is 1. The molecule has 0 bridgehead atoms. The molecule has 1 amide bonds. The van der Waals surface area contributed by atoms with Gasteiger partial charge in [0.25, 0.3) is 5.91 Å². The average Bonchev–Trinajstić information content (AvgIpc) is 3.44. The molecule has 1 fully saturated rings. The second-order valence-corrected chi connectivity index (χ2v) is 8.95. The van der Waals surface area contributed by atoms with Crippen LogP contribution >= 0.6 is 0 Å². The number of aryl methyl sites for hydroxylation is 1. The van der Waals surface area contributed by atoms with E-state index in [4.69, 9.17) is 9.90 Å². The average molecular weight is 506 g/mol. The van der Waals surface area contributed by atoms with Crippen molar-refractivity contribution >= 4 is 11.9 Å². The lowest BCUT2D eigenvalue weighted by molar-refractivity contribution is -0.192. The van der Waals surface area contributed by atoms with Crippen molar-refractivity contribution in [2.24, 2.45) is 5.92 Å². The van der Waals surface area contributed by atoms with Crippen LogP contribution in [0.4, 0.5) is 13.2 Å². The zero-order valence-electron chi connectivity index (χ0n) is 19.8. The summed E-state index contributed by atoms with van der Waals surface area (Å²) in [5, 5.41) is 19.4. The number of aliphatic carboxylic acids is 1. The first kappa shape index (κ1) is 25.3.